The van der Waals surface area contributed by atoms with E-state index in [9.17, 15) is 9.59 Å². The van der Waals surface area contributed by atoms with Crippen molar-refractivity contribution in [2.24, 2.45) is 5.92 Å². The lowest BCUT2D eigenvalue weighted by Crippen LogP contribution is -2.48. The summed E-state index contributed by atoms with van der Waals surface area (Å²) in [6.07, 6.45) is 6.34. The summed E-state index contributed by atoms with van der Waals surface area (Å²) >= 11 is 1.46. The maximum Gasteiger partial charge on any atom is 0.255 e. The van der Waals surface area contributed by atoms with Gasteiger partial charge in [-0.2, -0.15) is 0 Å². The Labute approximate surface area is 201 Å². The highest BCUT2D eigenvalue weighted by molar-refractivity contribution is 8.00. The molecule has 1 saturated heterocycles. The van der Waals surface area contributed by atoms with Gasteiger partial charge in [0.15, 0.2) is 0 Å². The fraction of sp³-hybridized carbons (Fsp3) is 0.481. The van der Waals surface area contributed by atoms with Crippen molar-refractivity contribution in [2.45, 2.75) is 43.9 Å². The summed E-state index contributed by atoms with van der Waals surface area (Å²) in [6.45, 7) is 5.95. The number of carbonyl (C=O) groups is 2. The van der Waals surface area contributed by atoms with Crippen LogP contribution in [0.2, 0.25) is 0 Å². The highest BCUT2D eigenvalue weighted by Gasteiger charge is 2.24. The number of amides is 2. The number of aryl methyl sites for hydroxylation is 1. The van der Waals surface area contributed by atoms with E-state index in [0.29, 0.717) is 30.3 Å². The summed E-state index contributed by atoms with van der Waals surface area (Å²) < 4.78 is 0. The molecule has 0 atom stereocenters. The Morgan fingerprint density at radius 1 is 0.970 bits per heavy atom. The summed E-state index contributed by atoms with van der Waals surface area (Å²) in [4.78, 5) is 30.9. The van der Waals surface area contributed by atoms with Crippen molar-refractivity contribution in [1.82, 2.24) is 10.2 Å². The second kappa shape index (κ2) is 11.6. The maximum absolute atomic E-state index is 13.3. The number of piperazine rings is 1. The SMILES string of the molecule is Cc1cccc(N2CCN(C(=O)c3ccccc3SCC(=O)NCC3CCCCC3)CC2)c1. The van der Waals surface area contributed by atoms with Gasteiger partial charge in [0.2, 0.25) is 5.91 Å². The molecule has 5 nitrogen and oxygen atoms in total. The van der Waals surface area contributed by atoms with Crippen molar-refractivity contribution in [3.8, 4) is 0 Å². The first-order chi connectivity index (χ1) is 16.1. The molecule has 0 aromatic heterocycles. The summed E-state index contributed by atoms with van der Waals surface area (Å²) in [5, 5.41) is 3.10. The molecule has 2 aliphatic rings. The molecule has 0 unspecified atom stereocenters. The molecule has 0 bridgehead atoms. The molecule has 1 saturated carbocycles. The van der Waals surface area contributed by atoms with Crippen molar-refractivity contribution in [3.63, 3.8) is 0 Å². The zero-order chi connectivity index (χ0) is 23.0. The van der Waals surface area contributed by atoms with Crippen LogP contribution in [0.15, 0.2) is 53.4 Å². The van der Waals surface area contributed by atoms with Gasteiger partial charge in [0.25, 0.3) is 5.91 Å². The summed E-state index contributed by atoms with van der Waals surface area (Å²) in [7, 11) is 0. The Hall–Kier alpha value is -2.47. The van der Waals surface area contributed by atoms with E-state index in [0.717, 1.165) is 24.5 Å². The molecule has 2 aromatic rings. The van der Waals surface area contributed by atoms with Crippen molar-refractivity contribution in [3.05, 3.63) is 59.7 Å². The first-order valence-electron chi connectivity index (χ1n) is 12.2. The van der Waals surface area contributed by atoms with Gasteiger partial charge in [0, 0.05) is 43.3 Å². The third-order valence-electron chi connectivity index (χ3n) is 6.72. The minimum atomic E-state index is 0.0552. The largest absolute Gasteiger partial charge is 0.368 e. The lowest BCUT2D eigenvalue weighted by atomic mass is 9.89. The Bertz CT molecular complexity index is 950. The molecule has 33 heavy (non-hydrogen) atoms. The summed E-state index contributed by atoms with van der Waals surface area (Å²) in [5.74, 6) is 1.09. The van der Waals surface area contributed by atoms with E-state index in [4.69, 9.17) is 0 Å². The van der Waals surface area contributed by atoms with Gasteiger partial charge in [-0.15, -0.1) is 11.8 Å². The van der Waals surface area contributed by atoms with Crippen LogP contribution in [0.3, 0.4) is 0 Å². The van der Waals surface area contributed by atoms with Crippen molar-refractivity contribution >= 4 is 29.3 Å². The number of thioether (sulfide) groups is 1. The zero-order valence-corrected chi connectivity index (χ0v) is 20.4. The molecule has 1 aliphatic carbocycles. The van der Waals surface area contributed by atoms with Gasteiger partial charge in [-0.3, -0.25) is 9.59 Å². The van der Waals surface area contributed by atoms with E-state index in [-0.39, 0.29) is 11.8 Å². The van der Waals surface area contributed by atoms with Gasteiger partial charge in [-0.05, 0) is 55.5 Å². The molecule has 6 heteroatoms. The average Bonchev–Trinajstić information content (AvgIpc) is 2.87. The van der Waals surface area contributed by atoms with E-state index in [1.165, 1.54) is 55.1 Å². The van der Waals surface area contributed by atoms with Gasteiger partial charge in [0.05, 0.1) is 11.3 Å². The van der Waals surface area contributed by atoms with E-state index in [1.54, 1.807) is 0 Å². The van der Waals surface area contributed by atoms with Crippen molar-refractivity contribution in [1.29, 1.82) is 0 Å². The van der Waals surface area contributed by atoms with E-state index < -0.39 is 0 Å². The van der Waals surface area contributed by atoms with E-state index in [2.05, 4.69) is 41.4 Å². The third-order valence-corrected chi connectivity index (χ3v) is 7.80. The normalized spacial score (nSPS) is 17.1. The number of benzene rings is 2. The van der Waals surface area contributed by atoms with Crippen LogP contribution in [-0.4, -0.2) is 55.2 Å². The van der Waals surface area contributed by atoms with Crippen molar-refractivity contribution < 1.29 is 9.59 Å². The van der Waals surface area contributed by atoms with Gasteiger partial charge >= 0.3 is 0 Å². The van der Waals surface area contributed by atoms with Crippen LogP contribution in [0.4, 0.5) is 5.69 Å². The van der Waals surface area contributed by atoms with Crippen LogP contribution >= 0.6 is 11.8 Å². The van der Waals surface area contributed by atoms with Crippen LogP contribution in [0.25, 0.3) is 0 Å². The van der Waals surface area contributed by atoms with Crippen LogP contribution in [0, 0.1) is 12.8 Å². The highest BCUT2D eigenvalue weighted by Crippen LogP contribution is 2.26. The molecular formula is C27H35N3O2S. The molecule has 1 heterocycles. The molecule has 0 radical (unpaired) electrons. The average molecular weight is 466 g/mol. The standard InChI is InChI=1S/C27H35N3O2S/c1-21-8-7-11-23(18-21)29-14-16-30(17-15-29)27(32)24-12-5-6-13-25(24)33-20-26(31)28-19-22-9-3-2-4-10-22/h5-8,11-13,18,22H,2-4,9-10,14-17,19-20H2,1H3,(H,28,31). The summed E-state index contributed by atoms with van der Waals surface area (Å²) in [6, 6.07) is 16.2. The monoisotopic (exact) mass is 465 g/mol. The Balaban J connectivity index is 1.29. The Morgan fingerprint density at radius 2 is 1.73 bits per heavy atom. The quantitative estimate of drug-likeness (QED) is 0.600. The number of hydrogen-bond acceptors (Lipinski definition) is 4. The topological polar surface area (TPSA) is 52.7 Å². The number of carbonyl (C=O) groups excluding carboxylic acids is 2. The third kappa shape index (κ3) is 6.53. The number of hydrogen-bond donors (Lipinski definition) is 1. The molecule has 176 valence electrons. The molecule has 0 spiro atoms. The first kappa shape index (κ1) is 23.7. The van der Waals surface area contributed by atoms with Crippen LogP contribution < -0.4 is 10.2 Å². The lowest BCUT2D eigenvalue weighted by Gasteiger charge is -2.36. The van der Waals surface area contributed by atoms with Crippen LogP contribution in [-0.2, 0) is 4.79 Å². The molecule has 1 N–H and O–H groups in total. The van der Waals surface area contributed by atoms with Crippen molar-refractivity contribution in [2.75, 3.05) is 43.4 Å². The molecule has 2 fully saturated rings. The minimum Gasteiger partial charge on any atom is -0.368 e. The van der Waals surface area contributed by atoms with Gasteiger partial charge in [-0.1, -0.05) is 43.5 Å². The molecule has 2 amide bonds. The Morgan fingerprint density at radius 3 is 2.48 bits per heavy atom. The second-order valence-electron chi connectivity index (χ2n) is 9.21. The predicted octanol–water partition coefficient (Wildman–Crippen LogP) is 4.75. The predicted molar refractivity (Wildman–Crippen MR) is 136 cm³/mol. The smallest absolute Gasteiger partial charge is 0.255 e. The lowest BCUT2D eigenvalue weighted by molar-refractivity contribution is -0.118. The minimum absolute atomic E-state index is 0.0552. The van der Waals surface area contributed by atoms with E-state index in [1.807, 2.05) is 29.2 Å². The van der Waals surface area contributed by atoms with Gasteiger partial charge in [-0.25, -0.2) is 0 Å². The number of rotatable bonds is 7. The number of nitrogens with zero attached hydrogens (tertiary/aromatic N) is 2. The van der Waals surface area contributed by atoms with Gasteiger partial charge < -0.3 is 15.1 Å². The Kier molecular flexibility index (Phi) is 8.32. The van der Waals surface area contributed by atoms with Crippen LogP contribution in [0.5, 0.6) is 0 Å². The number of anilines is 1. The maximum atomic E-state index is 13.3. The first-order valence-corrected chi connectivity index (χ1v) is 13.2. The summed E-state index contributed by atoms with van der Waals surface area (Å²) in [5.41, 5.74) is 3.17. The fourth-order valence-corrected chi connectivity index (χ4v) is 5.65. The zero-order valence-electron chi connectivity index (χ0n) is 19.6. The van der Waals surface area contributed by atoms with E-state index >= 15 is 0 Å². The molecular weight excluding hydrogens is 430 g/mol. The highest BCUT2D eigenvalue weighted by atomic mass is 32.2. The van der Waals surface area contributed by atoms with Gasteiger partial charge in [0.1, 0.15) is 0 Å². The molecule has 4 rings (SSSR count). The molecule has 1 aliphatic heterocycles. The van der Waals surface area contributed by atoms with Crippen LogP contribution in [0.1, 0.15) is 48.0 Å². The second-order valence-corrected chi connectivity index (χ2v) is 10.2. The molecule has 2 aromatic carbocycles. The fourth-order valence-electron chi connectivity index (χ4n) is 4.78. The number of nitrogens with one attached hydrogen (secondary N) is 1.